The maximum atomic E-state index is 6.03. The lowest BCUT2D eigenvalue weighted by Crippen LogP contribution is -2.50. The molecule has 0 radical (unpaired) electrons. The summed E-state index contributed by atoms with van der Waals surface area (Å²) in [6, 6.07) is 0.589. The third kappa shape index (κ3) is 3.94. The van der Waals surface area contributed by atoms with Crippen LogP contribution in [0.25, 0.3) is 0 Å². The van der Waals surface area contributed by atoms with E-state index in [9.17, 15) is 0 Å². The Kier molecular flexibility index (Phi) is 5.93. The van der Waals surface area contributed by atoms with Crippen LogP contribution in [0.4, 0.5) is 0 Å². The van der Waals surface area contributed by atoms with E-state index in [0.29, 0.717) is 12.1 Å². The van der Waals surface area contributed by atoms with Gasteiger partial charge in [-0.1, -0.05) is 39.0 Å². The molecule has 0 bridgehead atoms. The lowest BCUT2D eigenvalue weighted by atomic mass is 9.84. The molecule has 2 N–H and O–H groups in total. The van der Waals surface area contributed by atoms with Crippen molar-refractivity contribution >= 4 is 0 Å². The summed E-state index contributed by atoms with van der Waals surface area (Å²) in [5.74, 6) is 0.926. The second-order valence-corrected chi connectivity index (χ2v) is 6.03. The molecule has 2 aliphatic rings. The van der Waals surface area contributed by atoms with Gasteiger partial charge in [0.25, 0.3) is 0 Å². The van der Waals surface area contributed by atoms with Crippen molar-refractivity contribution in [3.05, 3.63) is 0 Å². The Hall–Kier alpha value is -0.120. The first-order valence-electron chi connectivity index (χ1n) is 7.89. The molecular formula is C15H30N2O. The summed E-state index contributed by atoms with van der Waals surface area (Å²) in [4.78, 5) is 2.59. The van der Waals surface area contributed by atoms with Crippen LogP contribution < -0.4 is 5.73 Å². The highest BCUT2D eigenvalue weighted by Crippen LogP contribution is 2.29. The molecule has 3 nitrogen and oxygen atoms in total. The summed E-state index contributed by atoms with van der Waals surface area (Å²) >= 11 is 0. The third-order valence-electron chi connectivity index (χ3n) is 4.74. The molecular weight excluding hydrogens is 224 g/mol. The Balaban J connectivity index is 1.82. The Morgan fingerprint density at radius 3 is 2.72 bits per heavy atom. The van der Waals surface area contributed by atoms with Gasteiger partial charge in [-0.15, -0.1) is 0 Å². The van der Waals surface area contributed by atoms with Crippen LogP contribution in [-0.4, -0.2) is 43.3 Å². The highest BCUT2D eigenvalue weighted by molar-refractivity contribution is 4.81. The van der Waals surface area contributed by atoms with E-state index in [4.69, 9.17) is 10.5 Å². The summed E-state index contributed by atoms with van der Waals surface area (Å²) in [5, 5.41) is 0. The van der Waals surface area contributed by atoms with Gasteiger partial charge in [-0.2, -0.15) is 0 Å². The Labute approximate surface area is 112 Å². The largest absolute Gasteiger partial charge is 0.376 e. The molecule has 2 fully saturated rings. The van der Waals surface area contributed by atoms with Crippen LogP contribution in [0.2, 0.25) is 0 Å². The van der Waals surface area contributed by atoms with Gasteiger partial charge in [-0.3, -0.25) is 4.90 Å². The summed E-state index contributed by atoms with van der Waals surface area (Å²) in [7, 11) is 0. The van der Waals surface area contributed by atoms with E-state index in [1.54, 1.807) is 0 Å². The van der Waals surface area contributed by atoms with Crippen molar-refractivity contribution in [3.8, 4) is 0 Å². The van der Waals surface area contributed by atoms with Crippen LogP contribution in [0.3, 0.4) is 0 Å². The summed E-state index contributed by atoms with van der Waals surface area (Å²) in [6.45, 7) is 6.08. The first-order chi connectivity index (χ1) is 8.83. The van der Waals surface area contributed by atoms with Gasteiger partial charge in [-0.25, -0.2) is 0 Å². The zero-order chi connectivity index (χ0) is 12.8. The molecule has 0 amide bonds. The second-order valence-electron chi connectivity index (χ2n) is 6.03. The molecule has 0 aromatic heterocycles. The lowest BCUT2D eigenvalue weighted by Gasteiger charge is -2.39. The normalized spacial score (nSPS) is 29.3. The molecule has 1 saturated heterocycles. The Morgan fingerprint density at radius 2 is 2.06 bits per heavy atom. The first-order valence-corrected chi connectivity index (χ1v) is 7.89. The van der Waals surface area contributed by atoms with Gasteiger partial charge in [0.15, 0.2) is 0 Å². The van der Waals surface area contributed by atoms with Crippen molar-refractivity contribution in [3.63, 3.8) is 0 Å². The molecule has 2 atom stereocenters. The number of rotatable bonds is 5. The average molecular weight is 254 g/mol. The molecule has 0 aromatic rings. The predicted octanol–water partition coefficient (Wildman–Crippen LogP) is 2.39. The zero-order valence-corrected chi connectivity index (χ0v) is 11.9. The summed E-state index contributed by atoms with van der Waals surface area (Å²) < 4.78 is 5.76. The molecule has 106 valence electrons. The Bertz CT molecular complexity index is 229. The van der Waals surface area contributed by atoms with E-state index < -0.39 is 0 Å². The van der Waals surface area contributed by atoms with Crippen LogP contribution in [0.5, 0.6) is 0 Å². The number of nitrogens with two attached hydrogens (primary N) is 1. The van der Waals surface area contributed by atoms with E-state index in [1.165, 1.54) is 38.5 Å². The topological polar surface area (TPSA) is 38.5 Å². The van der Waals surface area contributed by atoms with Crippen molar-refractivity contribution in [2.24, 2.45) is 11.7 Å². The molecule has 1 aliphatic carbocycles. The summed E-state index contributed by atoms with van der Waals surface area (Å²) in [5.41, 5.74) is 6.03. The first kappa shape index (κ1) is 14.3. The fraction of sp³-hybridized carbons (Fsp3) is 1.00. The fourth-order valence-corrected chi connectivity index (χ4v) is 3.52. The highest BCUT2D eigenvalue weighted by atomic mass is 16.5. The smallest absolute Gasteiger partial charge is 0.0700 e. The molecule has 0 spiro atoms. The lowest BCUT2D eigenvalue weighted by molar-refractivity contribution is -0.0466. The molecule has 1 saturated carbocycles. The zero-order valence-electron chi connectivity index (χ0n) is 11.9. The number of morpholine rings is 1. The van der Waals surface area contributed by atoms with Crippen molar-refractivity contribution < 1.29 is 4.74 Å². The van der Waals surface area contributed by atoms with E-state index in [1.807, 2.05) is 0 Å². The van der Waals surface area contributed by atoms with Crippen molar-refractivity contribution in [2.45, 2.75) is 64.0 Å². The Morgan fingerprint density at radius 1 is 1.28 bits per heavy atom. The van der Waals surface area contributed by atoms with Gasteiger partial charge in [0.05, 0.1) is 12.7 Å². The van der Waals surface area contributed by atoms with E-state index in [2.05, 4.69) is 11.8 Å². The van der Waals surface area contributed by atoms with Crippen molar-refractivity contribution in [1.29, 1.82) is 0 Å². The monoisotopic (exact) mass is 254 g/mol. The van der Waals surface area contributed by atoms with Crippen LogP contribution in [0.15, 0.2) is 0 Å². The minimum absolute atomic E-state index is 0.430. The number of hydrogen-bond donors (Lipinski definition) is 1. The van der Waals surface area contributed by atoms with E-state index in [-0.39, 0.29) is 0 Å². The quantitative estimate of drug-likeness (QED) is 0.819. The van der Waals surface area contributed by atoms with Crippen LogP contribution >= 0.6 is 0 Å². The van der Waals surface area contributed by atoms with Crippen LogP contribution in [0, 0.1) is 5.92 Å². The highest BCUT2D eigenvalue weighted by Gasteiger charge is 2.27. The van der Waals surface area contributed by atoms with Gasteiger partial charge in [0.2, 0.25) is 0 Å². The van der Waals surface area contributed by atoms with Gasteiger partial charge in [0.1, 0.15) is 0 Å². The minimum Gasteiger partial charge on any atom is -0.376 e. The van der Waals surface area contributed by atoms with Gasteiger partial charge < -0.3 is 10.5 Å². The molecule has 1 aliphatic heterocycles. The maximum absolute atomic E-state index is 6.03. The van der Waals surface area contributed by atoms with E-state index in [0.717, 1.165) is 38.6 Å². The van der Waals surface area contributed by atoms with Crippen LogP contribution in [-0.2, 0) is 4.74 Å². The molecule has 18 heavy (non-hydrogen) atoms. The third-order valence-corrected chi connectivity index (χ3v) is 4.74. The van der Waals surface area contributed by atoms with Gasteiger partial charge in [0, 0.05) is 25.7 Å². The average Bonchev–Trinajstić information content (AvgIpc) is 2.46. The fourth-order valence-electron chi connectivity index (χ4n) is 3.52. The summed E-state index contributed by atoms with van der Waals surface area (Å²) in [6.07, 6.45) is 10.0. The van der Waals surface area contributed by atoms with Gasteiger partial charge in [-0.05, 0) is 18.8 Å². The number of ether oxygens (including phenoxy) is 1. The second kappa shape index (κ2) is 7.46. The minimum atomic E-state index is 0.430. The maximum Gasteiger partial charge on any atom is 0.0700 e. The van der Waals surface area contributed by atoms with Crippen LogP contribution in [0.1, 0.15) is 51.9 Å². The predicted molar refractivity (Wildman–Crippen MR) is 75.6 cm³/mol. The van der Waals surface area contributed by atoms with Crippen molar-refractivity contribution in [1.82, 2.24) is 4.90 Å². The molecule has 2 unspecified atom stereocenters. The molecule has 3 heteroatoms. The van der Waals surface area contributed by atoms with E-state index >= 15 is 0 Å². The molecule has 0 aromatic carbocycles. The standard InChI is InChI=1S/C15H30N2O/c1-2-15-12-17(8-9-18-15)14(11-16)10-13-6-4-3-5-7-13/h13-15H,2-12,16H2,1H3. The number of nitrogens with zero attached hydrogens (tertiary/aromatic N) is 1. The number of hydrogen-bond acceptors (Lipinski definition) is 3. The van der Waals surface area contributed by atoms with Crippen molar-refractivity contribution in [2.75, 3.05) is 26.2 Å². The van der Waals surface area contributed by atoms with Gasteiger partial charge >= 0.3 is 0 Å². The molecule has 1 heterocycles. The molecule has 2 rings (SSSR count). The SMILES string of the molecule is CCC1CN(C(CN)CC2CCCCC2)CCO1.